The second kappa shape index (κ2) is 7.40. The predicted molar refractivity (Wildman–Crippen MR) is 79.1 cm³/mol. The van der Waals surface area contributed by atoms with Gasteiger partial charge in [0.15, 0.2) is 0 Å². The first-order valence-electron chi connectivity index (χ1n) is 7.56. The van der Waals surface area contributed by atoms with E-state index in [0.29, 0.717) is 19.0 Å². The number of nitrogens with zero attached hydrogens (tertiary/aromatic N) is 4. The third-order valence-corrected chi connectivity index (χ3v) is 3.89. The Morgan fingerprint density at radius 2 is 2.24 bits per heavy atom. The number of urea groups is 1. The molecule has 21 heavy (non-hydrogen) atoms. The Morgan fingerprint density at radius 1 is 1.52 bits per heavy atom. The fourth-order valence-corrected chi connectivity index (χ4v) is 2.52. The van der Waals surface area contributed by atoms with Crippen molar-refractivity contribution in [3.8, 4) is 0 Å². The maximum atomic E-state index is 12.1. The third kappa shape index (κ3) is 4.17. The molecule has 7 heteroatoms. The van der Waals surface area contributed by atoms with Crippen molar-refractivity contribution < 1.29 is 9.53 Å². The van der Waals surface area contributed by atoms with Gasteiger partial charge < -0.3 is 19.5 Å². The van der Waals surface area contributed by atoms with Gasteiger partial charge in [-0.1, -0.05) is 0 Å². The van der Waals surface area contributed by atoms with E-state index in [1.807, 2.05) is 11.6 Å². The summed E-state index contributed by atoms with van der Waals surface area (Å²) in [4.78, 5) is 13.9. The molecule has 7 nitrogen and oxygen atoms in total. The molecule has 0 radical (unpaired) electrons. The Kier molecular flexibility index (Phi) is 5.55. The molecule has 1 aromatic rings. The number of carbonyl (C=O) groups is 1. The van der Waals surface area contributed by atoms with E-state index < -0.39 is 0 Å². The van der Waals surface area contributed by atoms with E-state index in [-0.39, 0.29) is 12.1 Å². The van der Waals surface area contributed by atoms with Crippen LogP contribution in [0.15, 0.2) is 6.33 Å². The van der Waals surface area contributed by atoms with E-state index in [1.165, 1.54) is 0 Å². The molecule has 0 atom stereocenters. The average molecular weight is 295 g/mol. The highest BCUT2D eigenvalue weighted by Crippen LogP contribution is 2.12. The van der Waals surface area contributed by atoms with Crippen LogP contribution in [-0.4, -0.2) is 58.5 Å². The number of ether oxygens (including phenoxy) is 1. The number of hydrogen-bond donors (Lipinski definition) is 1. The third-order valence-electron chi connectivity index (χ3n) is 3.89. The Bertz CT molecular complexity index is 454. The SMILES string of the molecule is CC(C)n1cnnc1CCNC(=O)N(C)C1CCOCC1. The Hall–Kier alpha value is -1.63. The molecular formula is C14H25N5O2. The minimum absolute atomic E-state index is 0.0301. The summed E-state index contributed by atoms with van der Waals surface area (Å²) >= 11 is 0. The van der Waals surface area contributed by atoms with Gasteiger partial charge in [-0.25, -0.2) is 4.79 Å². The smallest absolute Gasteiger partial charge is 0.317 e. The molecular weight excluding hydrogens is 270 g/mol. The van der Waals surface area contributed by atoms with Crippen LogP contribution in [0.4, 0.5) is 4.79 Å². The van der Waals surface area contributed by atoms with Crippen molar-refractivity contribution in [2.45, 2.75) is 45.2 Å². The van der Waals surface area contributed by atoms with Gasteiger partial charge >= 0.3 is 6.03 Å². The van der Waals surface area contributed by atoms with Crippen LogP contribution in [0.1, 0.15) is 38.6 Å². The summed E-state index contributed by atoms with van der Waals surface area (Å²) < 4.78 is 7.34. The molecule has 1 saturated heterocycles. The molecule has 1 aromatic heterocycles. The number of aromatic nitrogens is 3. The first-order valence-corrected chi connectivity index (χ1v) is 7.56. The summed E-state index contributed by atoms with van der Waals surface area (Å²) in [6, 6.07) is 0.575. The van der Waals surface area contributed by atoms with Gasteiger partial charge in [-0.3, -0.25) is 0 Å². The van der Waals surface area contributed by atoms with Crippen molar-refractivity contribution >= 4 is 6.03 Å². The molecule has 1 fully saturated rings. The summed E-state index contributed by atoms with van der Waals surface area (Å²) in [7, 11) is 1.85. The molecule has 0 bridgehead atoms. The average Bonchev–Trinajstić information content (AvgIpc) is 2.96. The highest BCUT2D eigenvalue weighted by atomic mass is 16.5. The molecule has 0 unspecified atom stereocenters. The Morgan fingerprint density at radius 3 is 2.90 bits per heavy atom. The largest absolute Gasteiger partial charge is 0.381 e. The van der Waals surface area contributed by atoms with E-state index in [1.54, 1.807) is 11.2 Å². The van der Waals surface area contributed by atoms with Gasteiger partial charge in [0.2, 0.25) is 0 Å². The van der Waals surface area contributed by atoms with Gasteiger partial charge in [-0.2, -0.15) is 0 Å². The summed E-state index contributed by atoms with van der Waals surface area (Å²) in [5.41, 5.74) is 0. The van der Waals surface area contributed by atoms with Gasteiger partial charge in [0, 0.05) is 45.3 Å². The second-order valence-electron chi connectivity index (χ2n) is 5.68. The van der Waals surface area contributed by atoms with Crippen molar-refractivity contribution in [1.82, 2.24) is 25.0 Å². The molecule has 1 aliphatic heterocycles. The van der Waals surface area contributed by atoms with Crippen LogP contribution >= 0.6 is 0 Å². The van der Waals surface area contributed by atoms with E-state index in [0.717, 1.165) is 31.9 Å². The predicted octanol–water partition coefficient (Wildman–Crippen LogP) is 1.22. The fraction of sp³-hybridized carbons (Fsp3) is 0.786. The lowest BCUT2D eigenvalue weighted by Crippen LogP contribution is -2.46. The standard InChI is InChI=1S/C14H25N5O2/c1-11(2)19-10-16-17-13(19)4-7-15-14(20)18(3)12-5-8-21-9-6-12/h10-12H,4-9H2,1-3H3,(H,15,20). The zero-order valence-corrected chi connectivity index (χ0v) is 13.1. The van der Waals surface area contributed by atoms with Crippen LogP contribution in [0.25, 0.3) is 0 Å². The normalized spacial score (nSPS) is 16.2. The molecule has 1 aliphatic rings. The number of carbonyl (C=O) groups excluding carboxylic acids is 1. The van der Waals surface area contributed by atoms with Gasteiger partial charge in [0.05, 0.1) is 0 Å². The van der Waals surface area contributed by atoms with Crippen LogP contribution in [0.2, 0.25) is 0 Å². The van der Waals surface area contributed by atoms with Crippen molar-refractivity contribution in [1.29, 1.82) is 0 Å². The molecule has 0 aromatic carbocycles. The summed E-state index contributed by atoms with van der Waals surface area (Å²) in [6.07, 6.45) is 4.23. The van der Waals surface area contributed by atoms with E-state index in [9.17, 15) is 4.79 Å². The van der Waals surface area contributed by atoms with Crippen molar-refractivity contribution in [3.05, 3.63) is 12.2 Å². The van der Waals surface area contributed by atoms with E-state index in [4.69, 9.17) is 4.74 Å². The summed E-state index contributed by atoms with van der Waals surface area (Å²) in [5, 5.41) is 11.0. The quantitative estimate of drug-likeness (QED) is 0.886. The zero-order chi connectivity index (χ0) is 15.2. The van der Waals surface area contributed by atoms with Crippen LogP contribution in [-0.2, 0) is 11.2 Å². The molecule has 0 spiro atoms. The molecule has 2 amide bonds. The van der Waals surface area contributed by atoms with Crippen molar-refractivity contribution in [2.24, 2.45) is 0 Å². The highest BCUT2D eigenvalue weighted by molar-refractivity contribution is 5.74. The lowest BCUT2D eigenvalue weighted by Gasteiger charge is -2.31. The number of rotatable bonds is 5. The van der Waals surface area contributed by atoms with Gasteiger partial charge in [0.25, 0.3) is 0 Å². The summed E-state index contributed by atoms with van der Waals surface area (Å²) in [5.74, 6) is 0.902. The minimum atomic E-state index is -0.0301. The van der Waals surface area contributed by atoms with Crippen LogP contribution < -0.4 is 5.32 Å². The molecule has 0 saturated carbocycles. The van der Waals surface area contributed by atoms with Crippen LogP contribution in [0.5, 0.6) is 0 Å². The fourth-order valence-electron chi connectivity index (χ4n) is 2.52. The number of amides is 2. The highest BCUT2D eigenvalue weighted by Gasteiger charge is 2.22. The Labute approximate surface area is 125 Å². The summed E-state index contributed by atoms with van der Waals surface area (Å²) in [6.45, 7) is 6.21. The zero-order valence-electron chi connectivity index (χ0n) is 13.1. The molecule has 2 rings (SSSR count). The lowest BCUT2D eigenvalue weighted by atomic mass is 10.1. The molecule has 1 N–H and O–H groups in total. The second-order valence-corrected chi connectivity index (χ2v) is 5.68. The first kappa shape index (κ1) is 15.8. The topological polar surface area (TPSA) is 72.3 Å². The van der Waals surface area contributed by atoms with Crippen LogP contribution in [0, 0.1) is 0 Å². The number of nitrogens with one attached hydrogen (secondary N) is 1. The monoisotopic (exact) mass is 295 g/mol. The maximum Gasteiger partial charge on any atom is 0.317 e. The lowest BCUT2D eigenvalue weighted by molar-refractivity contribution is 0.0526. The van der Waals surface area contributed by atoms with Gasteiger partial charge in [-0.15, -0.1) is 10.2 Å². The minimum Gasteiger partial charge on any atom is -0.381 e. The van der Waals surface area contributed by atoms with Crippen molar-refractivity contribution in [2.75, 3.05) is 26.8 Å². The number of hydrogen-bond acceptors (Lipinski definition) is 4. The van der Waals surface area contributed by atoms with Gasteiger partial charge in [-0.05, 0) is 26.7 Å². The van der Waals surface area contributed by atoms with E-state index >= 15 is 0 Å². The molecule has 2 heterocycles. The molecule has 0 aliphatic carbocycles. The Balaban J connectivity index is 1.77. The molecule has 118 valence electrons. The van der Waals surface area contributed by atoms with Crippen LogP contribution in [0.3, 0.4) is 0 Å². The van der Waals surface area contributed by atoms with Crippen molar-refractivity contribution in [3.63, 3.8) is 0 Å². The first-order chi connectivity index (χ1) is 10.1. The maximum absolute atomic E-state index is 12.1. The van der Waals surface area contributed by atoms with Gasteiger partial charge in [0.1, 0.15) is 12.2 Å². The van der Waals surface area contributed by atoms with E-state index in [2.05, 4.69) is 29.4 Å².